The summed E-state index contributed by atoms with van der Waals surface area (Å²) in [5, 5.41) is 6.59. The lowest BCUT2D eigenvalue weighted by Gasteiger charge is -2.35. The molecule has 0 saturated heterocycles. The molecule has 0 radical (unpaired) electrons. The molecule has 0 aromatic rings. The summed E-state index contributed by atoms with van der Waals surface area (Å²) in [5.74, 6) is 0.634. The highest BCUT2D eigenvalue weighted by molar-refractivity contribution is 5.85. The third kappa shape index (κ3) is 7.28. The van der Waals surface area contributed by atoms with Crippen LogP contribution in [0, 0.1) is 11.3 Å². The Morgan fingerprint density at radius 2 is 1.70 bits per heavy atom. The van der Waals surface area contributed by atoms with E-state index in [4.69, 9.17) is 0 Å². The molecule has 1 unspecified atom stereocenters. The van der Waals surface area contributed by atoms with Gasteiger partial charge in [0.05, 0.1) is 5.54 Å². The Balaban J connectivity index is 4.73. The van der Waals surface area contributed by atoms with Crippen LogP contribution in [0.5, 0.6) is 0 Å². The summed E-state index contributed by atoms with van der Waals surface area (Å²) < 4.78 is 0. The summed E-state index contributed by atoms with van der Waals surface area (Å²) in [6.45, 7) is 16.8. The van der Waals surface area contributed by atoms with E-state index in [1.165, 1.54) is 12.8 Å². The van der Waals surface area contributed by atoms with E-state index in [1.807, 2.05) is 6.92 Å². The summed E-state index contributed by atoms with van der Waals surface area (Å²) in [6, 6.07) is 0. The summed E-state index contributed by atoms with van der Waals surface area (Å²) in [4.78, 5) is 12.5. The number of hydrogen-bond acceptors (Lipinski definition) is 2. The number of carbonyl (C=O) groups is 1. The molecule has 0 spiro atoms. The molecule has 3 heteroatoms. The first-order valence-corrected chi connectivity index (χ1v) is 8.20. The molecular weight excluding hydrogens is 248 g/mol. The van der Waals surface area contributed by atoms with Crippen molar-refractivity contribution in [1.82, 2.24) is 10.6 Å². The van der Waals surface area contributed by atoms with Crippen LogP contribution in [0.25, 0.3) is 0 Å². The zero-order valence-electron chi connectivity index (χ0n) is 14.7. The number of amides is 1. The standard InChI is InChI=1S/C17H36N2O/c1-8-10-16(5,6)13-19-17(7,12-14(3)4)15(20)18-11-9-2/h14,19H,8-13H2,1-7H3,(H,18,20). The SMILES string of the molecule is CCCNC(=O)C(C)(CC(C)C)NCC(C)(C)CCC. The second-order valence-electron chi connectivity index (χ2n) is 7.45. The van der Waals surface area contributed by atoms with Crippen LogP contribution >= 0.6 is 0 Å². The number of hydrogen-bond donors (Lipinski definition) is 2. The van der Waals surface area contributed by atoms with Gasteiger partial charge in [-0.25, -0.2) is 0 Å². The van der Waals surface area contributed by atoms with E-state index in [9.17, 15) is 4.79 Å². The Bertz CT molecular complexity index is 287. The van der Waals surface area contributed by atoms with Crippen LogP contribution in [0.4, 0.5) is 0 Å². The summed E-state index contributed by atoms with van der Waals surface area (Å²) in [6.07, 6.45) is 4.20. The van der Waals surface area contributed by atoms with Gasteiger partial charge in [-0.1, -0.05) is 48.0 Å². The fourth-order valence-electron chi connectivity index (χ4n) is 2.69. The fraction of sp³-hybridized carbons (Fsp3) is 0.941. The van der Waals surface area contributed by atoms with Crippen molar-refractivity contribution in [3.05, 3.63) is 0 Å². The molecule has 0 aliphatic rings. The predicted octanol–water partition coefficient (Wildman–Crippen LogP) is 3.73. The Morgan fingerprint density at radius 3 is 2.15 bits per heavy atom. The summed E-state index contributed by atoms with van der Waals surface area (Å²) in [7, 11) is 0. The minimum absolute atomic E-state index is 0.139. The second-order valence-corrected chi connectivity index (χ2v) is 7.45. The zero-order valence-corrected chi connectivity index (χ0v) is 14.7. The minimum atomic E-state index is -0.464. The van der Waals surface area contributed by atoms with Crippen LogP contribution in [0.3, 0.4) is 0 Å². The molecule has 20 heavy (non-hydrogen) atoms. The average Bonchev–Trinajstić information content (AvgIpc) is 2.32. The third-order valence-corrected chi connectivity index (χ3v) is 3.74. The van der Waals surface area contributed by atoms with Gasteiger partial charge < -0.3 is 10.6 Å². The normalized spacial score (nSPS) is 15.2. The molecule has 120 valence electrons. The van der Waals surface area contributed by atoms with E-state index in [0.717, 1.165) is 25.9 Å². The van der Waals surface area contributed by atoms with E-state index in [0.29, 0.717) is 5.92 Å². The molecule has 0 heterocycles. The van der Waals surface area contributed by atoms with Crippen LogP contribution in [0.15, 0.2) is 0 Å². The molecular formula is C17H36N2O. The zero-order chi connectivity index (χ0) is 15.8. The number of nitrogens with one attached hydrogen (secondary N) is 2. The first-order valence-electron chi connectivity index (χ1n) is 8.20. The highest BCUT2D eigenvalue weighted by atomic mass is 16.2. The van der Waals surface area contributed by atoms with Gasteiger partial charge in [0, 0.05) is 13.1 Å². The molecule has 0 bridgehead atoms. The number of carbonyl (C=O) groups excluding carboxylic acids is 1. The van der Waals surface area contributed by atoms with Gasteiger partial charge in [0.25, 0.3) is 0 Å². The molecule has 1 amide bonds. The lowest BCUT2D eigenvalue weighted by atomic mass is 9.84. The molecule has 0 fully saturated rings. The molecule has 1 atom stereocenters. The molecule has 0 aromatic carbocycles. The van der Waals surface area contributed by atoms with Crippen molar-refractivity contribution >= 4 is 5.91 Å². The first-order chi connectivity index (χ1) is 9.17. The van der Waals surface area contributed by atoms with Crippen molar-refractivity contribution in [3.63, 3.8) is 0 Å². The smallest absolute Gasteiger partial charge is 0.240 e. The maximum atomic E-state index is 12.5. The van der Waals surface area contributed by atoms with Crippen molar-refractivity contribution in [3.8, 4) is 0 Å². The van der Waals surface area contributed by atoms with E-state index in [1.54, 1.807) is 0 Å². The van der Waals surface area contributed by atoms with Gasteiger partial charge in [-0.15, -0.1) is 0 Å². The van der Waals surface area contributed by atoms with Crippen LogP contribution in [0.2, 0.25) is 0 Å². The third-order valence-electron chi connectivity index (χ3n) is 3.74. The van der Waals surface area contributed by atoms with Gasteiger partial charge in [-0.2, -0.15) is 0 Å². The molecule has 0 aromatic heterocycles. The fourth-order valence-corrected chi connectivity index (χ4v) is 2.69. The Kier molecular flexibility index (Phi) is 8.41. The second kappa shape index (κ2) is 8.66. The van der Waals surface area contributed by atoms with Gasteiger partial charge in [0.1, 0.15) is 0 Å². The van der Waals surface area contributed by atoms with Crippen molar-refractivity contribution in [2.24, 2.45) is 11.3 Å². The highest BCUT2D eigenvalue weighted by Gasteiger charge is 2.34. The van der Waals surface area contributed by atoms with Crippen LogP contribution in [-0.2, 0) is 4.79 Å². The molecule has 0 aliphatic heterocycles. The maximum absolute atomic E-state index is 12.5. The van der Waals surface area contributed by atoms with E-state index in [-0.39, 0.29) is 11.3 Å². The van der Waals surface area contributed by atoms with Crippen LogP contribution in [-0.4, -0.2) is 24.5 Å². The average molecular weight is 284 g/mol. The molecule has 0 rings (SSSR count). The Hall–Kier alpha value is -0.570. The lowest BCUT2D eigenvalue weighted by Crippen LogP contribution is -2.57. The van der Waals surface area contributed by atoms with Crippen LogP contribution in [0.1, 0.15) is 74.1 Å². The van der Waals surface area contributed by atoms with Gasteiger partial charge in [0.2, 0.25) is 5.91 Å². The Labute approximate surface area is 126 Å². The first kappa shape index (κ1) is 19.4. The number of rotatable bonds is 10. The Morgan fingerprint density at radius 1 is 1.10 bits per heavy atom. The maximum Gasteiger partial charge on any atom is 0.240 e. The lowest BCUT2D eigenvalue weighted by molar-refractivity contribution is -0.127. The summed E-state index contributed by atoms with van der Waals surface area (Å²) >= 11 is 0. The predicted molar refractivity (Wildman–Crippen MR) is 87.9 cm³/mol. The van der Waals surface area contributed by atoms with E-state index in [2.05, 4.69) is 52.2 Å². The van der Waals surface area contributed by atoms with Crippen molar-refractivity contribution in [2.75, 3.05) is 13.1 Å². The summed E-state index contributed by atoms with van der Waals surface area (Å²) in [5.41, 5.74) is -0.230. The molecule has 0 aliphatic carbocycles. The van der Waals surface area contributed by atoms with Crippen molar-refractivity contribution < 1.29 is 4.79 Å². The van der Waals surface area contributed by atoms with Gasteiger partial charge >= 0.3 is 0 Å². The van der Waals surface area contributed by atoms with Gasteiger partial charge in [-0.05, 0) is 37.5 Å². The van der Waals surface area contributed by atoms with Crippen molar-refractivity contribution in [1.29, 1.82) is 0 Å². The monoisotopic (exact) mass is 284 g/mol. The topological polar surface area (TPSA) is 41.1 Å². The molecule has 3 nitrogen and oxygen atoms in total. The minimum Gasteiger partial charge on any atom is -0.355 e. The van der Waals surface area contributed by atoms with Gasteiger partial charge in [-0.3, -0.25) is 4.79 Å². The molecule has 2 N–H and O–H groups in total. The largest absolute Gasteiger partial charge is 0.355 e. The van der Waals surface area contributed by atoms with Crippen molar-refractivity contribution in [2.45, 2.75) is 79.7 Å². The van der Waals surface area contributed by atoms with E-state index >= 15 is 0 Å². The van der Waals surface area contributed by atoms with Gasteiger partial charge in [0.15, 0.2) is 0 Å². The quantitative estimate of drug-likeness (QED) is 0.642. The highest BCUT2D eigenvalue weighted by Crippen LogP contribution is 2.24. The van der Waals surface area contributed by atoms with Crippen LogP contribution < -0.4 is 10.6 Å². The van der Waals surface area contributed by atoms with E-state index < -0.39 is 5.54 Å². The molecule has 0 saturated carbocycles.